The Hall–Kier alpha value is -1.95. The molecule has 0 aliphatic carbocycles. The molecule has 2 heterocycles. The Bertz CT molecular complexity index is 475. The molecule has 6 nitrogen and oxygen atoms in total. The molecule has 96 valence electrons. The Kier molecular flexibility index (Phi) is 3.57. The van der Waals surface area contributed by atoms with E-state index in [1.807, 2.05) is 0 Å². The van der Waals surface area contributed by atoms with Gasteiger partial charge in [-0.2, -0.15) is 0 Å². The fraction of sp³-hybridized carbons (Fsp3) is 0.417. The molecule has 1 aromatic heterocycles. The molecule has 0 bridgehead atoms. The fourth-order valence-corrected chi connectivity index (χ4v) is 1.99. The van der Waals surface area contributed by atoms with Crippen molar-refractivity contribution in [2.75, 3.05) is 20.2 Å². The van der Waals surface area contributed by atoms with Crippen LogP contribution in [0.2, 0.25) is 0 Å². The third-order valence-corrected chi connectivity index (χ3v) is 3.02. The predicted molar refractivity (Wildman–Crippen MR) is 64.1 cm³/mol. The van der Waals surface area contributed by atoms with E-state index in [0.717, 1.165) is 6.42 Å². The zero-order valence-corrected chi connectivity index (χ0v) is 10.1. The van der Waals surface area contributed by atoms with Crippen molar-refractivity contribution in [2.45, 2.75) is 12.5 Å². The monoisotopic (exact) mass is 249 g/mol. The van der Waals surface area contributed by atoms with Crippen molar-refractivity contribution in [1.29, 1.82) is 0 Å². The lowest BCUT2D eigenvalue weighted by Crippen LogP contribution is -2.30. The summed E-state index contributed by atoms with van der Waals surface area (Å²) in [7, 11) is 1.64. The molecule has 1 saturated heterocycles. The highest BCUT2D eigenvalue weighted by Gasteiger charge is 2.27. The van der Waals surface area contributed by atoms with E-state index in [1.54, 1.807) is 18.1 Å². The van der Waals surface area contributed by atoms with E-state index >= 15 is 0 Å². The number of ether oxygens (including phenoxy) is 1. The number of likely N-dealkylation sites (tertiary alicyclic amines) is 1. The molecule has 18 heavy (non-hydrogen) atoms. The van der Waals surface area contributed by atoms with E-state index in [9.17, 15) is 9.59 Å². The van der Waals surface area contributed by atoms with Crippen molar-refractivity contribution in [1.82, 2.24) is 9.88 Å². The Morgan fingerprint density at radius 2 is 2.33 bits per heavy atom. The van der Waals surface area contributed by atoms with Gasteiger partial charge in [-0.25, -0.2) is 0 Å². The van der Waals surface area contributed by atoms with E-state index in [-0.39, 0.29) is 17.7 Å². The van der Waals surface area contributed by atoms with E-state index in [1.165, 1.54) is 12.3 Å². The first-order valence-corrected chi connectivity index (χ1v) is 5.69. The normalized spacial score (nSPS) is 18.9. The molecule has 0 aromatic carbocycles. The van der Waals surface area contributed by atoms with Crippen LogP contribution < -0.4 is 5.73 Å². The van der Waals surface area contributed by atoms with Crippen LogP contribution in [0, 0.1) is 0 Å². The Morgan fingerprint density at radius 1 is 1.56 bits per heavy atom. The smallest absolute Gasteiger partial charge is 0.267 e. The summed E-state index contributed by atoms with van der Waals surface area (Å²) >= 11 is 0. The average Bonchev–Trinajstić information content (AvgIpc) is 2.86. The van der Waals surface area contributed by atoms with Crippen LogP contribution in [0.4, 0.5) is 0 Å². The van der Waals surface area contributed by atoms with Crippen LogP contribution in [0.5, 0.6) is 0 Å². The molecule has 0 spiro atoms. The van der Waals surface area contributed by atoms with Gasteiger partial charge in [0, 0.05) is 32.0 Å². The van der Waals surface area contributed by atoms with Crippen LogP contribution in [0.1, 0.15) is 27.3 Å². The lowest BCUT2D eigenvalue weighted by molar-refractivity contribution is 0.0724. The highest BCUT2D eigenvalue weighted by atomic mass is 16.5. The van der Waals surface area contributed by atoms with Gasteiger partial charge in [0.15, 0.2) is 0 Å². The first-order chi connectivity index (χ1) is 8.61. The van der Waals surface area contributed by atoms with Gasteiger partial charge >= 0.3 is 0 Å². The topological polar surface area (TPSA) is 85.5 Å². The van der Waals surface area contributed by atoms with Crippen LogP contribution >= 0.6 is 0 Å². The number of carbonyl (C=O) groups excluding carboxylic acids is 2. The van der Waals surface area contributed by atoms with Gasteiger partial charge in [-0.3, -0.25) is 14.6 Å². The maximum atomic E-state index is 12.2. The number of rotatable bonds is 3. The van der Waals surface area contributed by atoms with Crippen molar-refractivity contribution in [3.8, 4) is 0 Å². The van der Waals surface area contributed by atoms with Crippen molar-refractivity contribution in [3.05, 3.63) is 29.6 Å². The van der Waals surface area contributed by atoms with E-state index < -0.39 is 5.91 Å². The van der Waals surface area contributed by atoms with Gasteiger partial charge in [-0.1, -0.05) is 0 Å². The Balaban J connectivity index is 2.14. The number of primary amides is 1. The molecule has 2 amide bonds. The molecule has 1 atom stereocenters. The molecule has 1 aliphatic heterocycles. The first kappa shape index (κ1) is 12.5. The van der Waals surface area contributed by atoms with Gasteiger partial charge in [0.25, 0.3) is 11.8 Å². The highest BCUT2D eigenvalue weighted by Crippen LogP contribution is 2.15. The molecule has 2 rings (SSSR count). The minimum absolute atomic E-state index is 0.0893. The standard InChI is InChI=1S/C12H15N3O3/c1-18-9-3-5-15(7-9)12(17)8-2-4-14-10(6-8)11(13)16/h2,4,6,9H,3,5,7H2,1H3,(H2,13,16). The summed E-state index contributed by atoms with van der Waals surface area (Å²) in [4.78, 5) is 28.7. The Morgan fingerprint density at radius 3 is 2.94 bits per heavy atom. The van der Waals surface area contributed by atoms with E-state index in [2.05, 4.69) is 4.98 Å². The molecule has 2 N–H and O–H groups in total. The predicted octanol–water partition coefficient (Wildman–Crippen LogP) is 0.0414. The summed E-state index contributed by atoms with van der Waals surface area (Å²) in [5, 5.41) is 0. The largest absolute Gasteiger partial charge is 0.380 e. The van der Waals surface area contributed by atoms with Gasteiger partial charge in [-0.15, -0.1) is 0 Å². The van der Waals surface area contributed by atoms with E-state index in [0.29, 0.717) is 18.7 Å². The lowest BCUT2D eigenvalue weighted by atomic mass is 10.2. The van der Waals surface area contributed by atoms with Crippen LogP contribution in [0.25, 0.3) is 0 Å². The molecule has 1 unspecified atom stereocenters. The lowest BCUT2D eigenvalue weighted by Gasteiger charge is -2.16. The molecule has 6 heteroatoms. The van der Waals surface area contributed by atoms with Gasteiger partial charge in [0.05, 0.1) is 6.10 Å². The maximum absolute atomic E-state index is 12.2. The second kappa shape index (κ2) is 5.14. The van der Waals surface area contributed by atoms with Crippen molar-refractivity contribution in [3.63, 3.8) is 0 Å². The molecule has 0 saturated carbocycles. The summed E-state index contributed by atoms with van der Waals surface area (Å²) in [5.41, 5.74) is 5.66. The number of hydrogen-bond acceptors (Lipinski definition) is 4. The second-order valence-corrected chi connectivity index (χ2v) is 4.19. The van der Waals surface area contributed by atoms with Crippen molar-refractivity contribution in [2.24, 2.45) is 5.73 Å². The number of methoxy groups -OCH3 is 1. The number of hydrogen-bond donors (Lipinski definition) is 1. The number of amides is 2. The molecular weight excluding hydrogens is 234 g/mol. The third kappa shape index (κ3) is 2.48. The number of pyridine rings is 1. The minimum atomic E-state index is -0.638. The van der Waals surface area contributed by atoms with Crippen LogP contribution in [-0.2, 0) is 4.74 Å². The average molecular weight is 249 g/mol. The van der Waals surface area contributed by atoms with Gasteiger partial charge in [0.2, 0.25) is 0 Å². The van der Waals surface area contributed by atoms with Crippen LogP contribution in [0.3, 0.4) is 0 Å². The zero-order valence-electron chi connectivity index (χ0n) is 10.1. The molecule has 1 aliphatic rings. The van der Waals surface area contributed by atoms with Gasteiger partial charge in [-0.05, 0) is 18.6 Å². The molecular formula is C12H15N3O3. The number of aromatic nitrogens is 1. The van der Waals surface area contributed by atoms with Gasteiger partial charge in [0.1, 0.15) is 5.69 Å². The fourth-order valence-electron chi connectivity index (χ4n) is 1.99. The first-order valence-electron chi connectivity index (χ1n) is 5.69. The van der Waals surface area contributed by atoms with Crippen molar-refractivity contribution < 1.29 is 14.3 Å². The second-order valence-electron chi connectivity index (χ2n) is 4.19. The quantitative estimate of drug-likeness (QED) is 0.819. The van der Waals surface area contributed by atoms with Crippen LogP contribution in [0.15, 0.2) is 18.3 Å². The summed E-state index contributed by atoms with van der Waals surface area (Å²) in [5.74, 6) is -0.764. The zero-order chi connectivity index (χ0) is 13.1. The number of nitrogens with zero attached hydrogens (tertiary/aromatic N) is 2. The SMILES string of the molecule is COC1CCN(C(=O)c2ccnc(C(N)=O)c2)C1. The summed E-state index contributed by atoms with van der Waals surface area (Å²) in [6, 6.07) is 3.00. The minimum Gasteiger partial charge on any atom is -0.380 e. The highest BCUT2D eigenvalue weighted by molar-refractivity contribution is 5.98. The summed E-state index contributed by atoms with van der Waals surface area (Å²) < 4.78 is 5.21. The maximum Gasteiger partial charge on any atom is 0.267 e. The van der Waals surface area contributed by atoms with Gasteiger partial charge < -0.3 is 15.4 Å². The van der Waals surface area contributed by atoms with Crippen LogP contribution in [-0.4, -0.2) is 48.0 Å². The number of carbonyl (C=O) groups is 2. The summed E-state index contributed by atoms with van der Waals surface area (Å²) in [6.07, 6.45) is 2.33. The molecule has 1 fully saturated rings. The molecule has 1 aromatic rings. The third-order valence-electron chi connectivity index (χ3n) is 3.02. The van der Waals surface area contributed by atoms with Crippen molar-refractivity contribution >= 4 is 11.8 Å². The Labute approximate surface area is 105 Å². The summed E-state index contributed by atoms with van der Waals surface area (Å²) in [6.45, 7) is 1.23. The number of nitrogens with two attached hydrogens (primary N) is 1. The molecule has 0 radical (unpaired) electrons. The van der Waals surface area contributed by atoms with E-state index in [4.69, 9.17) is 10.5 Å².